The van der Waals surface area contributed by atoms with Crippen molar-refractivity contribution in [3.8, 4) is 11.5 Å². The van der Waals surface area contributed by atoms with Gasteiger partial charge in [0, 0.05) is 12.3 Å². The van der Waals surface area contributed by atoms with Crippen LogP contribution in [0.3, 0.4) is 0 Å². The highest BCUT2D eigenvalue weighted by molar-refractivity contribution is 5.90. The Morgan fingerprint density at radius 3 is 2.54 bits per heavy atom. The molecular weight excluding hydrogens is 445 g/mol. The van der Waals surface area contributed by atoms with Crippen LogP contribution in [-0.2, 0) is 4.74 Å². The summed E-state index contributed by atoms with van der Waals surface area (Å²) in [5.41, 5.74) is 0.509. The monoisotopic (exact) mass is 475 g/mol. The number of rotatable bonds is 5. The maximum atomic E-state index is 12.5. The van der Waals surface area contributed by atoms with Gasteiger partial charge in [-0.15, -0.1) is 0 Å². The van der Waals surface area contributed by atoms with Gasteiger partial charge in [-0.25, -0.2) is 4.79 Å². The quantitative estimate of drug-likeness (QED) is 0.349. The molecular formula is C20H30INO4. The van der Waals surface area contributed by atoms with Crippen molar-refractivity contribution in [1.29, 1.82) is 0 Å². The van der Waals surface area contributed by atoms with Gasteiger partial charge in [0.15, 0.2) is 11.5 Å². The molecule has 2 heterocycles. The smallest absolute Gasteiger partial charge is 0.338 e. The van der Waals surface area contributed by atoms with Crippen LogP contribution >= 0.6 is 0 Å². The first-order valence-corrected chi connectivity index (χ1v) is 9.31. The number of nitrogens with zero attached hydrogens (tertiary/aromatic N) is 1. The topological polar surface area (TPSA) is 44.8 Å². The highest BCUT2D eigenvalue weighted by Crippen LogP contribution is 2.36. The van der Waals surface area contributed by atoms with Crippen molar-refractivity contribution >= 4 is 5.97 Å². The molecule has 5 nitrogen and oxygen atoms in total. The van der Waals surface area contributed by atoms with Crippen LogP contribution < -0.4 is 33.5 Å². The normalized spacial score (nSPS) is 27.7. The lowest BCUT2D eigenvalue weighted by Crippen LogP contribution is -3.00. The number of esters is 1. The first-order valence-electron chi connectivity index (χ1n) is 9.31. The van der Waals surface area contributed by atoms with Gasteiger partial charge < -0.3 is 42.7 Å². The van der Waals surface area contributed by atoms with E-state index in [1.54, 1.807) is 32.4 Å². The van der Waals surface area contributed by atoms with Crippen molar-refractivity contribution in [2.75, 3.05) is 41.0 Å². The Hall–Kier alpha value is -1.02. The van der Waals surface area contributed by atoms with E-state index in [4.69, 9.17) is 14.2 Å². The van der Waals surface area contributed by atoms with Crippen molar-refractivity contribution in [3.63, 3.8) is 0 Å². The SMILES string of the molecule is COc1ccc(C(=O)OCC2CCC[N+]3(C)CCCCC23)cc1OC.[I-]. The maximum absolute atomic E-state index is 12.5. The van der Waals surface area contributed by atoms with Crippen molar-refractivity contribution in [1.82, 2.24) is 0 Å². The number of methoxy groups -OCH3 is 2. The zero-order valence-corrected chi connectivity index (χ0v) is 18.2. The number of carbonyl (C=O) groups excluding carboxylic acids is 1. The van der Waals surface area contributed by atoms with Gasteiger partial charge in [-0.05, 0) is 43.9 Å². The van der Waals surface area contributed by atoms with E-state index in [-0.39, 0.29) is 29.9 Å². The first-order chi connectivity index (χ1) is 12.1. The number of carbonyl (C=O) groups is 1. The second kappa shape index (κ2) is 9.26. The fourth-order valence-electron chi connectivity index (χ4n) is 4.66. The summed E-state index contributed by atoms with van der Waals surface area (Å²) < 4.78 is 17.3. The Morgan fingerprint density at radius 2 is 1.81 bits per heavy atom. The number of hydrogen-bond acceptors (Lipinski definition) is 4. The standard InChI is InChI=1S/C20H30NO4.HI/c1-21-11-5-4-8-17(21)16(7-6-12-21)14-25-20(22)15-9-10-18(23-2)19(13-15)24-3;/h9-10,13,16-17H,4-8,11-12,14H2,1-3H3;1H/q+1;/p-1. The molecule has 3 atom stereocenters. The van der Waals surface area contributed by atoms with Gasteiger partial charge in [-0.3, -0.25) is 0 Å². The summed E-state index contributed by atoms with van der Waals surface area (Å²) in [4.78, 5) is 12.5. The fourth-order valence-corrected chi connectivity index (χ4v) is 4.66. The molecule has 1 aromatic carbocycles. The lowest BCUT2D eigenvalue weighted by atomic mass is 9.82. The molecule has 0 bridgehead atoms. The highest BCUT2D eigenvalue weighted by Gasteiger charge is 2.43. The minimum Gasteiger partial charge on any atom is -1.00 e. The van der Waals surface area contributed by atoms with Gasteiger partial charge in [0.1, 0.15) is 6.61 Å². The molecule has 0 N–H and O–H groups in total. The largest absolute Gasteiger partial charge is 1.00 e. The van der Waals surface area contributed by atoms with E-state index in [1.165, 1.54) is 43.3 Å². The highest BCUT2D eigenvalue weighted by atomic mass is 127. The predicted molar refractivity (Wildman–Crippen MR) is 96.1 cm³/mol. The summed E-state index contributed by atoms with van der Waals surface area (Å²) >= 11 is 0. The van der Waals surface area contributed by atoms with E-state index in [2.05, 4.69) is 7.05 Å². The molecule has 0 aliphatic carbocycles. The van der Waals surface area contributed by atoms with Crippen molar-refractivity contribution in [2.45, 2.75) is 38.1 Å². The number of quaternary nitrogens is 1. The molecule has 0 saturated carbocycles. The third-order valence-corrected chi connectivity index (χ3v) is 6.06. The van der Waals surface area contributed by atoms with Crippen molar-refractivity contribution < 1.29 is 47.5 Å². The molecule has 0 aromatic heterocycles. The van der Waals surface area contributed by atoms with Crippen molar-refractivity contribution in [3.05, 3.63) is 23.8 Å². The van der Waals surface area contributed by atoms with Crippen LogP contribution in [0.1, 0.15) is 42.5 Å². The molecule has 26 heavy (non-hydrogen) atoms. The molecule has 146 valence electrons. The Balaban J connectivity index is 0.00000243. The van der Waals surface area contributed by atoms with Gasteiger partial charge in [-0.1, -0.05) is 0 Å². The Bertz CT molecular complexity index is 620. The van der Waals surface area contributed by atoms with E-state index < -0.39 is 0 Å². The van der Waals surface area contributed by atoms with E-state index in [0.717, 1.165) is 6.42 Å². The second-order valence-corrected chi connectivity index (χ2v) is 7.56. The van der Waals surface area contributed by atoms with Crippen LogP contribution in [0.15, 0.2) is 18.2 Å². The van der Waals surface area contributed by atoms with Crippen LogP contribution in [-0.4, -0.2) is 57.5 Å². The van der Waals surface area contributed by atoms with E-state index >= 15 is 0 Å². The summed E-state index contributed by atoms with van der Waals surface area (Å²) in [7, 11) is 5.53. The molecule has 0 amide bonds. The van der Waals surface area contributed by atoms with Crippen LogP contribution in [0.5, 0.6) is 11.5 Å². The fraction of sp³-hybridized carbons (Fsp3) is 0.650. The number of fused-ring (bicyclic) bond motifs is 1. The predicted octanol–water partition coefficient (Wildman–Crippen LogP) is 0.274. The average Bonchev–Trinajstić information content (AvgIpc) is 2.64. The molecule has 6 heteroatoms. The first kappa shape index (κ1) is 21.3. The zero-order valence-electron chi connectivity index (χ0n) is 16.0. The van der Waals surface area contributed by atoms with Crippen molar-refractivity contribution in [2.24, 2.45) is 5.92 Å². The average molecular weight is 475 g/mol. The van der Waals surface area contributed by atoms with E-state index in [1.807, 2.05) is 0 Å². The lowest BCUT2D eigenvalue weighted by Gasteiger charge is -2.51. The Morgan fingerprint density at radius 1 is 1.08 bits per heavy atom. The number of hydrogen-bond donors (Lipinski definition) is 0. The number of benzene rings is 1. The molecule has 2 aliphatic heterocycles. The number of ether oxygens (including phenoxy) is 3. The molecule has 2 saturated heterocycles. The van der Waals surface area contributed by atoms with Crippen LogP contribution in [0, 0.1) is 5.92 Å². The van der Waals surface area contributed by atoms with Gasteiger partial charge in [-0.2, -0.15) is 0 Å². The maximum Gasteiger partial charge on any atom is 0.338 e. The molecule has 2 aliphatic rings. The summed E-state index contributed by atoms with van der Waals surface area (Å²) in [6.07, 6.45) is 6.28. The second-order valence-electron chi connectivity index (χ2n) is 7.56. The van der Waals surface area contributed by atoms with Gasteiger partial charge >= 0.3 is 5.97 Å². The molecule has 0 radical (unpaired) electrons. The Labute approximate surface area is 173 Å². The van der Waals surface area contributed by atoms with Crippen LogP contribution in [0.4, 0.5) is 0 Å². The summed E-state index contributed by atoms with van der Waals surface area (Å²) in [5, 5.41) is 0. The molecule has 0 spiro atoms. The molecule has 3 rings (SSSR count). The minimum absolute atomic E-state index is 0. The zero-order chi connectivity index (χ0) is 17.9. The molecule has 3 unspecified atom stereocenters. The van der Waals surface area contributed by atoms with E-state index in [0.29, 0.717) is 35.6 Å². The third-order valence-electron chi connectivity index (χ3n) is 6.06. The Kier molecular flexibility index (Phi) is 7.58. The molecule has 1 aromatic rings. The summed E-state index contributed by atoms with van der Waals surface area (Å²) in [6.45, 7) is 3.06. The van der Waals surface area contributed by atoms with Crippen LogP contribution in [0.25, 0.3) is 0 Å². The number of piperidine rings is 2. The van der Waals surface area contributed by atoms with Gasteiger partial charge in [0.2, 0.25) is 0 Å². The summed E-state index contributed by atoms with van der Waals surface area (Å²) in [6, 6.07) is 5.79. The molecule has 2 fully saturated rings. The lowest BCUT2D eigenvalue weighted by molar-refractivity contribution is -0.947. The minimum atomic E-state index is -0.281. The third kappa shape index (κ3) is 4.44. The van der Waals surface area contributed by atoms with Crippen LogP contribution in [0.2, 0.25) is 0 Å². The number of halogens is 1. The summed E-state index contributed by atoms with van der Waals surface area (Å²) in [5.74, 6) is 1.35. The van der Waals surface area contributed by atoms with Gasteiger partial charge in [0.05, 0.1) is 46.0 Å². The van der Waals surface area contributed by atoms with Gasteiger partial charge in [0.25, 0.3) is 0 Å². The van der Waals surface area contributed by atoms with E-state index in [9.17, 15) is 4.79 Å².